The standard InChI is InChI=1S/C18H16ClN3O4S/c1-12(23)17(27(25,26)15-9-7-14(19)8-10-15)11-16(21-22-18(20)24)13-5-3-2-4-6-13/h2-11H,1H3,(H3,20,22,24)/b17-11+,21-16+. The van der Waals surface area contributed by atoms with Gasteiger partial charge >= 0.3 is 6.03 Å². The minimum Gasteiger partial charge on any atom is -0.350 e. The molecular weight excluding hydrogens is 390 g/mol. The largest absolute Gasteiger partial charge is 0.350 e. The van der Waals surface area contributed by atoms with Crippen LogP contribution in [0, 0.1) is 0 Å². The van der Waals surface area contributed by atoms with Crippen molar-refractivity contribution in [1.82, 2.24) is 5.43 Å². The highest BCUT2D eigenvalue weighted by Crippen LogP contribution is 2.22. The minimum atomic E-state index is -4.13. The minimum absolute atomic E-state index is 0.0529. The molecule has 0 aliphatic rings. The predicted molar refractivity (Wildman–Crippen MR) is 103 cm³/mol. The van der Waals surface area contributed by atoms with Crippen molar-refractivity contribution in [2.24, 2.45) is 10.8 Å². The van der Waals surface area contributed by atoms with Gasteiger partial charge in [-0.3, -0.25) is 4.79 Å². The molecule has 0 saturated carbocycles. The SMILES string of the molecule is CC(=O)/C(=C\C(=N/NC(N)=O)c1ccccc1)S(=O)(=O)c1ccc(Cl)cc1. The molecule has 0 spiro atoms. The number of hydrazone groups is 1. The highest BCUT2D eigenvalue weighted by atomic mass is 35.5. The van der Waals surface area contributed by atoms with Gasteiger partial charge in [0.15, 0.2) is 5.78 Å². The number of ketones is 1. The first-order valence-electron chi connectivity index (χ1n) is 7.63. The molecule has 0 fully saturated rings. The van der Waals surface area contributed by atoms with Crippen LogP contribution in [0.1, 0.15) is 12.5 Å². The topological polar surface area (TPSA) is 119 Å². The molecule has 0 unspecified atom stereocenters. The first-order chi connectivity index (χ1) is 12.7. The fourth-order valence-corrected chi connectivity index (χ4v) is 3.66. The number of nitrogens with one attached hydrogen (secondary N) is 1. The number of allylic oxidation sites excluding steroid dienone is 2. The van der Waals surface area contributed by atoms with Crippen LogP contribution in [0.4, 0.5) is 4.79 Å². The Balaban J connectivity index is 2.62. The number of amides is 2. The van der Waals surface area contributed by atoms with E-state index in [1.165, 1.54) is 24.3 Å². The quantitative estimate of drug-likeness (QED) is 0.436. The lowest BCUT2D eigenvalue weighted by Gasteiger charge is -2.09. The van der Waals surface area contributed by atoms with Crippen molar-refractivity contribution in [2.75, 3.05) is 0 Å². The van der Waals surface area contributed by atoms with Crippen LogP contribution < -0.4 is 11.2 Å². The zero-order valence-electron chi connectivity index (χ0n) is 14.2. The smallest absolute Gasteiger partial charge is 0.332 e. The zero-order valence-corrected chi connectivity index (χ0v) is 15.8. The van der Waals surface area contributed by atoms with Crippen LogP contribution in [0.2, 0.25) is 5.02 Å². The number of rotatable bonds is 6. The van der Waals surface area contributed by atoms with Crippen LogP contribution >= 0.6 is 11.6 Å². The Labute approximate surface area is 161 Å². The van der Waals surface area contributed by atoms with Crippen molar-refractivity contribution in [2.45, 2.75) is 11.8 Å². The summed E-state index contributed by atoms with van der Waals surface area (Å²) < 4.78 is 25.8. The molecule has 0 aliphatic carbocycles. The maximum Gasteiger partial charge on any atom is 0.332 e. The Kier molecular flexibility index (Phi) is 6.49. The van der Waals surface area contributed by atoms with Crippen LogP contribution in [0.3, 0.4) is 0 Å². The van der Waals surface area contributed by atoms with Gasteiger partial charge < -0.3 is 5.73 Å². The van der Waals surface area contributed by atoms with Gasteiger partial charge in [0.05, 0.1) is 10.6 Å². The number of hydrogen-bond acceptors (Lipinski definition) is 5. The lowest BCUT2D eigenvalue weighted by atomic mass is 10.1. The van der Waals surface area contributed by atoms with Crippen LogP contribution in [-0.4, -0.2) is 25.9 Å². The Morgan fingerprint density at radius 1 is 1.07 bits per heavy atom. The van der Waals surface area contributed by atoms with Gasteiger partial charge in [0, 0.05) is 10.6 Å². The number of primary amides is 1. The highest BCUT2D eigenvalue weighted by molar-refractivity contribution is 7.96. The molecule has 0 radical (unpaired) electrons. The molecule has 3 N–H and O–H groups in total. The summed E-state index contributed by atoms with van der Waals surface area (Å²) in [6.45, 7) is 1.13. The van der Waals surface area contributed by atoms with Gasteiger partial charge in [-0.2, -0.15) is 5.10 Å². The second kappa shape index (κ2) is 8.61. The summed E-state index contributed by atoms with van der Waals surface area (Å²) in [5.41, 5.74) is 7.61. The van der Waals surface area contributed by atoms with Crippen LogP contribution in [0.5, 0.6) is 0 Å². The lowest BCUT2D eigenvalue weighted by Crippen LogP contribution is -2.26. The van der Waals surface area contributed by atoms with Gasteiger partial charge in [-0.25, -0.2) is 18.6 Å². The van der Waals surface area contributed by atoms with Crippen molar-refractivity contribution in [3.05, 3.63) is 76.2 Å². The molecule has 2 amide bonds. The summed E-state index contributed by atoms with van der Waals surface area (Å²) >= 11 is 5.79. The normalized spacial score (nSPS) is 12.5. The molecule has 2 rings (SSSR count). The van der Waals surface area contributed by atoms with E-state index >= 15 is 0 Å². The molecule has 0 aromatic heterocycles. The molecule has 0 saturated heterocycles. The van der Waals surface area contributed by atoms with E-state index in [1.54, 1.807) is 30.3 Å². The number of carbonyl (C=O) groups is 2. The van der Waals surface area contributed by atoms with Crippen molar-refractivity contribution in [1.29, 1.82) is 0 Å². The molecule has 2 aromatic carbocycles. The van der Waals surface area contributed by atoms with Crippen molar-refractivity contribution in [3.63, 3.8) is 0 Å². The molecule has 9 heteroatoms. The van der Waals surface area contributed by atoms with Gasteiger partial charge in [-0.15, -0.1) is 0 Å². The van der Waals surface area contributed by atoms with Crippen molar-refractivity contribution in [3.8, 4) is 0 Å². The van der Waals surface area contributed by atoms with E-state index in [2.05, 4.69) is 5.10 Å². The number of carbonyl (C=O) groups excluding carboxylic acids is 2. The molecule has 0 heterocycles. The summed E-state index contributed by atoms with van der Waals surface area (Å²) in [7, 11) is -4.13. The molecule has 7 nitrogen and oxygen atoms in total. The highest BCUT2D eigenvalue weighted by Gasteiger charge is 2.25. The third kappa shape index (κ3) is 5.25. The summed E-state index contributed by atoms with van der Waals surface area (Å²) in [6.07, 6.45) is 1.09. The zero-order chi connectivity index (χ0) is 20.0. The van der Waals surface area contributed by atoms with E-state index in [1.807, 2.05) is 5.43 Å². The maximum atomic E-state index is 12.9. The van der Waals surface area contributed by atoms with Crippen LogP contribution in [0.15, 0.2) is 75.6 Å². The molecule has 0 atom stereocenters. The molecule has 140 valence electrons. The third-order valence-electron chi connectivity index (χ3n) is 3.38. The number of nitrogens with zero attached hydrogens (tertiary/aromatic N) is 1. The Bertz CT molecular complexity index is 1010. The number of hydrogen-bond donors (Lipinski definition) is 2. The van der Waals surface area contributed by atoms with E-state index < -0.39 is 26.6 Å². The monoisotopic (exact) mass is 405 g/mol. The van der Waals surface area contributed by atoms with E-state index in [9.17, 15) is 18.0 Å². The first kappa shape index (κ1) is 20.3. The summed E-state index contributed by atoms with van der Waals surface area (Å²) in [6, 6.07) is 12.9. The number of Topliss-reactive ketones (excluding diaryl/α,β-unsaturated/α-hetero) is 1. The Morgan fingerprint density at radius 2 is 1.67 bits per heavy atom. The van der Waals surface area contributed by atoms with E-state index in [0.29, 0.717) is 10.6 Å². The molecular formula is C18H16ClN3O4S. The van der Waals surface area contributed by atoms with Gasteiger partial charge in [0.25, 0.3) is 0 Å². The summed E-state index contributed by atoms with van der Waals surface area (Å²) in [5, 5.41) is 4.18. The first-order valence-corrected chi connectivity index (χ1v) is 9.50. The summed E-state index contributed by atoms with van der Waals surface area (Å²) in [4.78, 5) is 22.5. The molecule has 0 bridgehead atoms. The molecule has 2 aromatic rings. The van der Waals surface area contributed by atoms with Gasteiger partial charge in [0.2, 0.25) is 9.84 Å². The molecule has 0 aliphatic heterocycles. The van der Waals surface area contributed by atoms with Crippen molar-refractivity contribution >= 4 is 39.0 Å². The Hall–Kier alpha value is -2.97. The summed E-state index contributed by atoms with van der Waals surface area (Å²) in [5.74, 6) is -0.687. The van der Waals surface area contributed by atoms with E-state index in [-0.39, 0.29) is 10.6 Å². The number of halogens is 1. The third-order valence-corrected chi connectivity index (χ3v) is 5.51. The average molecular weight is 406 g/mol. The van der Waals surface area contributed by atoms with Crippen LogP contribution in [-0.2, 0) is 14.6 Å². The number of urea groups is 1. The van der Waals surface area contributed by atoms with Crippen LogP contribution in [0.25, 0.3) is 0 Å². The lowest BCUT2D eigenvalue weighted by molar-refractivity contribution is -0.113. The second-order valence-corrected chi connectivity index (χ2v) is 7.72. The predicted octanol–water partition coefficient (Wildman–Crippen LogP) is 2.66. The maximum absolute atomic E-state index is 12.9. The molecule has 27 heavy (non-hydrogen) atoms. The van der Waals surface area contributed by atoms with Crippen molar-refractivity contribution < 1.29 is 18.0 Å². The van der Waals surface area contributed by atoms with Gasteiger partial charge in [0.1, 0.15) is 4.91 Å². The number of nitrogens with two attached hydrogens (primary N) is 1. The number of sulfone groups is 1. The van der Waals surface area contributed by atoms with Gasteiger partial charge in [-0.05, 0) is 37.3 Å². The second-order valence-electron chi connectivity index (χ2n) is 5.36. The fourth-order valence-electron chi connectivity index (χ4n) is 2.14. The van der Waals surface area contributed by atoms with E-state index in [0.717, 1.165) is 13.0 Å². The van der Waals surface area contributed by atoms with E-state index in [4.69, 9.17) is 17.3 Å². The number of benzene rings is 2. The average Bonchev–Trinajstić information content (AvgIpc) is 2.62. The fraction of sp³-hybridized carbons (Fsp3) is 0.0556. The Morgan fingerprint density at radius 3 is 2.19 bits per heavy atom. The van der Waals surface area contributed by atoms with Gasteiger partial charge in [-0.1, -0.05) is 41.9 Å².